The van der Waals surface area contributed by atoms with Crippen LogP contribution in [0.25, 0.3) is 10.9 Å². The highest BCUT2D eigenvalue weighted by atomic mass is 35.5. The molecule has 0 bridgehead atoms. The van der Waals surface area contributed by atoms with E-state index < -0.39 is 0 Å². The van der Waals surface area contributed by atoms with E-state index in [1.165, 1.54) is 16.5 Å². The van der Waals surface area contributed by atoms with Gasteiger partial charge in [-0.3, -0.25) is 0 Å². The van der Waals surface area contributed by atoms with Gasteiger partial charge in [-0.1, -0.05) is 47.5 Å². The maximum atomic E-state index is 6.14. The minimum Gasteiger partial charge on any atom is -0.383 e. The first-order valence-corrected chi connectivity index (χ1v) is 8.65. The summed E-state index contributed by atoms with van der Waals surface area (Å²) in [5.41, 5.74) is 3.62. The number of hydrogen-bond donors (Lipinski definition) is 1. The van der Waals surface area contributed by atoms with E-state index in [1.54, 1.807) is 7.11 Å². The monoisotopic (exact) mass is 362 g/mol. The minimum absolute atomic E-state index is 0.584. The number of aromatic nitrogens is 1. The second kappa shape index (κ2) is 8.04. The number of rotatable bonds is 7. The molecule has 2 aromatic carbocycles. The summed E-state index contributed by atoms with van der Waals surface area (Å²) in [6.45, 7) is 3.12. The third-order valence-corrected chi connectivity index (χ3v) is 4.75. The summed E-state index contributed by atoms with van der Waals surface area (Å²) in [5, 5.41) is 5.85. The van der Waals surface area contributed by atoms with Gasteiger partial charge < -0.3 is 14.6 Å². The summed E-state index contributed by atoms with van der Waals surface area (Å²) in [4.78, 5) is 0. The first-order chi connectivity index (χ1) is 11.7. The summed E-state index contributed by atoms with van der Waals surface area (Å²) in [6, 6.07) is 14.2. The first-order valence-electron chi connectivity index (χ1n) is 7.89. The molecule has 0 aliphatic rings. The highest BCUT2D eigenvalue weighted by molar-refractivity contribution is 6.42. The summed E-state index contributed by atoms with van der Waals surface area (Å²) < 4.78 is 7.33. The van der Waals surface area contributed by atoms with Gasteiger partial charge in [0.2, 0.25) is 0 Å². The van der Waals surface area contributed by atoms with Gasteiger partial charge in [-0.25, -0.2) is 0 Å². The zero-order valence-electron chi connectivity index (χ0n) is 13.6. The Morgan fingerprint density at radius 1 is 1.08 bits per heavy atom. The Labute approximate surface area is 152 Å². The number of nitrogens with one attached hydrogen (secondary N) is 1. The Balaban J connectivity index is 1.86. The van der Waals surface area contributed by atoms with E-state index in [2.05, 4.69) is 40.3 Å². The van der Waals surface area contributed by atoms with Crippen LogP contribution in [0.15, 0.2) is 48.7 Å². The fourth-order valence-corrected chi connectivity index (χ4v) is 3.15. The smallest absolute Gasteiger partial charge is 0.0595 e. The predicted octanol–water partition coefficient (Wildman–Crippen LogP) is 4.73. The van der Waals surface area contributed by atoms with Crippen LogP contribution in [0.2, 0.25) is 10.0 Å². The fraction of sp³-hybridized carbons (Fsp3) is 0.263. The quantitative estimate of drug-likeness (QED) is 0.614. The number of nitrogens with zero attached hydrogens (tertiary/aromatic N) is 1. The molecular weight excluding hydrogens is 343 g/mol. The Hall–Kier alpha value is -1.52. The molecule has 0 unspecified atom stereocenters. The zero-order chi connectivity index (χ0) is 16.9. The van der Waals surface area contributed by atoms with Crippen molar-refractivity contribution in [1.29, 1.82) is 0 Å². The predicted molar refractivity (Wildman–Crippen MR) is 101 cm³/mol. The molecule has 3 aromatic rings. The van der Waals surface area contributed by atoms with Gasteiger partial charge in [-0.2, -0.15) is 0 Å². The molecular formula is C19H20Cl2N2O. The average molecular weight is 363 g/mol. The SMILES string of the molecule is COCCNCc1cn(Cc2ccc(Cl)c(Cl)c2)c2ccccc12. The maximum absolute atomic E-state index is 6.14. The molecule has 3 nitrogen and oxygen atoms in total. The zero-order valence-corrected chi connectivity index (χ0v) is 15.1. The number of para-hydroxylation sites is 1. The highest BCUT2D eigenvalue weighted by Crippen LogP contribution is 2.25. The van der Waals surface area contributed by atoms with E-state index in [0.29, 0.717) is 16.7 Å². The molecule has 0 spiro atoms. The number of halogens is 2. The Kier molecular flexibility index (Phi) is 5.80. The second-order valence-electron chi connectivity index (χ2n) is 5.72. The van der Waals surface area contributed by atoms with Crippen molar-refractivity contribution in [3.05, 3.63) is 69.8 Å². The van der Waals surface area contributed by atoms with Gasteiger partial charge in [0.15, 0.2) is 0 Å². The summed E-state index contributed by atoms with van der Waals surface area (Å²) in [7, 11) is 1.71. The lowest BCUT2D eigenvalue weighted by molar-refractivity contribution is 0.199. The molecule has 1 heterocycles. The van der Waals surface area contributed by atoms with Crippen molar-refractivity contribution in [3.63, 3.8) is 0 Å². The third-order valence-electron chi connectivity index (χ3n) is 4.01. The van der Waals surface area contributed by atoms with E-state index in [0.717, 1.165) is 25.2 Å². The molecule has 0 saturated heterocycles. The van der Waals surface area contributed by atoms with Gasteiger partial charge in [0.1, 0.15) is 0 Å². The molecule has 0 fully saturated rings. The number of hydrogen-bond acceptors (Lipinski definition) is 2. The van der Waals surface area contributed by atoms with Gasteiger partial charge in [-0.15, -0.1) is 0 Å². The van der Waals surface area contributed by atoms with Crippen molar-refractivity contribution < 1.29 is 4.74 Å². The van der Waals surface area contributed by atoms with E-state index in [4.69, 9.17) is 27.9 Å². The van der Waals surface area contributed by atoms with E-state index in [1.807, 2.05) is 18.2 Å². The van der Waals surface area contributed by atoms with Crippen LogP contribution in [0.1, 0.15) is 11.1 Å². The first kappa shape index (κ1) is 17.3. The summed E-state index contributed by atoms with van der Waals surface area (Å²) in [6.07, 6.45) is 2.20. The molecule has 3 rings (SSSR count). The molecule has 0 saturated carbocycles. The van der Waals surface area contributed by atoms with Crippen LogP contribution in [0, 0.1) is 0 Å². The Bertz CT molecular complexity index is 829. The van der Waals surface area contributed by atoms with Crippen molar-refractivity contribution in [2.75, 3.05) is 20.3 Å². The number of benzene rings is 2. The van der Waals surface area contributed by atoms with Crippen LogP contribution in [0.4, 0.5) is 0 Å². The number of methoxy groups -OCH3 is 1. The van der Waals surface area contributed by atoms with Crippen LogP contribution in [-0.2, 0) is 17.8 Å². The lowest BCUT2D eigenvalue weighted by Gasteiger charge is -2.07. The van der Waals surface area contributed by atoms with E-state index in [9.17, 15) is 0 Å². The highest BCUT2D eigenvalue weighted by Gasteiger charge is 2.09. The van der Waals surface area contributed by atoms with Crippen molar-refractivity contribution >= 4 is 34.1 Å². The fourth-order valence-electron chi connectivity index (χ4n) is 2.83. The number of ether oxygens (including phenoxy) is 1. The van der Waals surface area contributed by atoms with Gasteiger partial charge in [-0.05, 0) is 29.3 Å². The second-order valence-corrected chi connectivity index (χ2v) is 6.53. The summed E-state index contributed by atoms with van der Waals surface area (Å²) >= 11 is 12.1. The molecule has 24 heavy (non-hydrogen) atoms. The molecule has 126 valence electrons. The molecule has 0 atom stereocenters. The third kappa shape index (κ3) is 3.93. The van der Waals surface area contributed by atoms with Crippen molar-refractivity contribution in [2.45, 2.75) is 13.1 Å². The Morgan fingerprint density at radius 2 is 1.92 bits per heavy atom. The van der Waals surface area contributed by atoms with Gasteiger partial charge >= 0.3 is 0 Å². The van der Waals surface area contributed by atoms with Crippen molar-refractivity contribution in [3.8, 4) is 0 Å². The van der Waals surface area contributed by atoms with Crippen LogP contribution >= 0.6 is 23.2 Å². The largest absolute Gasteiger partial charge is 0.383 e. The van der Waals surface area contributed by atoms with E-state index >= 15 is 0 Å². The standard InChI is InChI=1S/C19H20Cl2N2O/c1-24-9-8-22-11-15-13-23(19-5-3-2-4-16(15)19)12-14-6-7-17(20)18(21)10-14/h2-7,10,13,22H,8-9,11-12H2,1H3. The lowest BCUT2D eigenvalue weighted by Crippen LogP contribution is -2.18. The molecule has 0 radical (unpaired) electrons. The van der Waals surface area contributed by atoms with Crippen molar-refractivity contribution in [2.24, 2.45) is 0 Å². The Morgan fingerprint density at radius 3 is 2.71 bits per heavy atom. The number of fused-ring (bicyclic) bond motifs is 1. The molecule has 5 heteroatoms. The lowest BCUT2D eigenvalue weighted by atomic mass is 10.2. The average Bonchev–Trinajstić information content (AvgIpc) is 2.93. The molecule has 0 aliphatic heterocycles. The normalized spacial score (nSPS) is 11.3. The van der Waals surface area contributed by atoms with Gasteiger partial charge in [0.25, 0.3) is 0 Å². The van der Waals surface area contributed by atoms with Crippen molar-refractivity contribution in [1.82, 2.24) is 9.88 Å². The van der Waals surface area contributed by atoms with Crippen LogP contribution in [-0.4, -0.2) is 24.8 Å². The molecule has 0 amide bonds. The van der Waals surface area contributed by atoms with Gasteiger partial charge in [0, 0.05) is 43.8 Å². The van der Waals surface area contributed by atoms with Crippen LogP contribution < -0.4 is 5.32 Å². The molecule has 0 aliphatic carbocycles. The minimum atomic E-state index is 0.584. The van der Waals surface area contributed by atoms with Crippen LogP contribution in [0.5, 0.6) is 0 Å². The maximum Gasteiger partial charge on any atom is 0.0595 e. The van der Waals surface area contributed by atoms with Gasteiger partial charge in [0.05, 0.1) is 16.7 Å². The molecule has 1 N–H and O–H groups in total. The van der Waals surface area contributed by atoms with E-state index in [-0.39, 0.29) is 0 Å². The molecule has 1 aromatic heterocycles. The topological polar surface area (TPSA) is 26.2 Å². The summed E-state index contributed by atoms with van der Waals surface area (Å²) in [5.74, 6) is 0. The van der Waals surface area contributed by atoms with Crippen LogP contribution in [0.3, 0.4) is 0 Å².